The van der Waals surface area contributed by atoms with Gasteiger partial charge in [0.2, 0.25) is 5.90 Å². The van der Waals surface area contributed by atoms with Gasteiger partial charge in [-0.05, 0) is 34.6 Å². The van der Waals surface area contributed by atoms with Crippen molar-refractivity contribution in [2.45, 2.75) is 45.8 Å². The van der Waals surface area contributed by atoms with Gasteiger partial charge in [-0.25, -0.2) is 9.79 Å². The second-order valence-corrected chi connectivity index (χ2v) is 5.46. The van der Waals surface area contributed by atoms with Gasteiger partial charge in [-0.2, -0.15) is 0 Å². The molecular formula is C11H20N2O3. The highest BCUT2D eigenvalue weighted by Gasteiger charge is 2.26. The summed E-state index contributed by atoms with van der Waals surface area (Å²) in [4.78, 5) is 15.6. The third-order valence-corrected chi connectivity index (χ3v) is 1.80. The van der Waals surface area contributed by atoms with E-state index in [0.29, 0.717) is 12.5 Å². The Morgan fingerprint density at radius 2 is 2.19 bits per heavy atom. The Kier molecular flexibility index (Phi) is 3.45. The van der Waals surface area contributed by atoms with E-state index in [1.54, 1.807) is 0 Å². The topological polar surface area (TPSA) is 59.9 Å². The molecule has 5 heteroatoms. The number of hydrogen-bond acceptors (Lipinski definition) is 4. The molecule has 92 valence electrons. The quantitative estimate of drug-likeness (QED) is 0.782. The molecule has 0 aromatic heterocycles. The molecule has 0 aromatic carbocycles. The van der Waals surface area contributed by atoms with Crippen LogP contribution in [0, 0.1) is 0 Å². The largest absolute Gasteiger partial charge is 0.477 e. The minimum absolute atomic E-state index is 0.190. The smallest absolute Gasteiger partial charge is 0.408 e. The molecule has 0 aliphatic carbocycles. The molecule has 5 nitrogen and oxygen atoms in total. The molecule has 0 fully saturated rings. The summed E-state index contributed by atoms with van der Waals surface area (Å²) in [5.41, 5.74) is -0.674. The molecule has 1 aliphatic heterocycles. The Hall–Kier alpha value is -1.26. The van der Waals surface area contributed by atoms with Crippen molar-refractivity contribution in [3.63, 3.8) is 0 Å². The number of aliphatic imine (C=N–C) groups is 1. The van der Waals surface area contributed by atoms with Gasteiger partial charge >= 0.3 is 6.09 Å². The number of nitrogens with zero attached hydrogens (tertiary/aromatic N) is 1. The van der Waals surface area contributed by atoms with E-state index >= 15 is 0 Å². The van der Waals surface area contributed by atoms with Crippen LogP contribution in [0.1, 0.15) is 34.6 Å². The summed E-state index contributed by atoms with van der Waals surface area (Å²) in [6.45, 7) is 10.2. The third kappa shape index (κ3) is 4.51. The number of nitrogens with one attached hydrogen (secondary N) is 1. The lowest BCUT2D eigenvalue weighted by molar-refractivity contribution is 0.0533. The predicted octanol–water partition coefficient (Wildman–Crippen LogP) is 1.72. The standard InChI is InChI=1S/C11H20N2O3/c1-10(2,3)16-9(14)12-6-8-13-11(4,5)7-15-8/h6-7H2,1-5H3,(H,12,14). The van der Waals surface area contributed by atoms with E-state index in [1.165, 1.54) is 0 Å². The van der Waals surface area contributed by atoms with E-state index in [0.717, 1.165) is 0 Å². The van der Waals surface area contributed by atoms with Crippen molar-refractivity contribution in [1.29, 1.82) is 0 Å². The molecular weight excluding hydrogens is 208 g/mol. The van der Waals surface area contributed by atoms with E-state index in [2.05, 4.69) is 10.3 Å². The van der Waals surface area contributed by atoms with Crippen LogP contribution in [0.2, 0.25) is 0 Å². The summed E-state index contributed by atoms with van der Waals surface area (Å²) in [5.74, 6) is 0.552. The molecule has 0 atom stereocenters. The van der Waals surface area contributed by atoms with E-state index in [1.807, 2.05) is 34.6 Å². The minimum atomic E-state index is -0.484. The minimum Gasteiger partial charge on any atom is -0.477 e. The van der Waals surface area contributed by atoms with Crippen LogP contribution in [-0.2, 0) is 9.47 Å². The van der Waals surface area contributed by atoms with E-state index in [4.69, 9.17) is 9.47 Å². The first-order valence-corrected chi connectivity index (χ1v) is 5.36. The Labute approximate surface area is 96.2 Å². The lowest BCUT2D eigenvalue weighted by Gasteiger charge is -2.19. The zero-order valence-corrected chi connectivity index (χ0v) is 10.6. The third-order valence-electron chi connectivity index (χ3n) is 1.80. The summed E-state index contributed by atoms with van der Waals surface area (Å²) in [7, 11) is 0. The molecule has 0 aromatic rings. The highest BCUT2D eigenvalue weighted by Crippen LogP contribution is 2.16. The van der Waals surface area contributed by atoms with Crippen molar-refractivity contribution in [3.05, 3.63) is 0 Å². The highest BCUT2D eigenvalue weighted by molar-refractivity contribution is 5.83. The van der Waals surface area contributed by atoms with Crippen molar-refractivity contribution in [1.82, 2.24) is 5.32 Å². The summed E-state index contributed by atoms with van der Waals surface area (Å²) in [6.07, 6.45) is -0.455. The number of carbonyl (C=O) groups is 1. The summed E-state index contributed by atoms with van der Waals surface area (Å²) in [6, 6.07) is 0. The molecule has 1 aliphatic rings. The number of rotatable bonds is 2. The molecule has 0 saturated carbocycles. The first-order valence-electron chi connectivity index (χ1n) is 5.36. The number of hydrogen-bond donors (Lipinski definition) is 1. The lowest BCUT2D eigenvalue weighted by Crippen LogP contribution is -2.35. The molecule has 0 bridgehead atoms. The van der Waals surface area contributed by atoms with Gasteiger partial charge in [0.15, 0.2) is 0 Å². The Bertz CT molecular complexity index is 303. The first kappa shape index (κ1) is 12.8. The van der Waals surface area contributed by atoms with Crippen molar-refractivity contribution in [3.8, 4) is 0 Å². The van der Waals surface area contributed by atoms with Gasteiger partial charge in [0.05, 0.1) is 12.1 Å². The van der Waals surface area contributed by atoms with E-state index in [9.17, 15) is 4.79 Å². The molecule has 1 amide bonds. The average Bonchev–Trinajstić information content (AvgIpc) is 2.39. The second kappa shape index (κ2) is 4.31. The van der Waals surface area contributed by atoms with Crippen LogP contribution in [0.5, 0.6) is 0 Å². The second-order valence-electron chi connectivity index (χ2n) is 5.46. The van der Waals surface area contributed by atoms with Crippen molar-refractivity contribution >= 4 is 12.0 Å². The highest BCUT2D eigenvalue weighted by atomic mass is 16.6. The lowest BCUT2D eigenvalue weighted by atomic mass is 10.1. The molecule has 1 N–H and O–H groups in total. The van der Waals surface area contributed by atoms with Crippen LogP contribution in [0.25, 0.3) is 0 Å². The van der Waals surface area contributed by atoms with Crippen LogP contribution in [-0.4, -0.2) is 36.3 Å². The van der Waals surface area contributed by atoms with Gasteiger partial charge in [0.25, 0.3) is 0 Å². The number of carbonyl (C=O) groups excluding carboxylic acids is 1. The van der Waals surface area contributed by atoms with Crippen LogP contribution in [0.15, 0.2) is 4.99 Å². The maximum atomic E-state index is 11.3. The molecule has 0 radical (unpaired) electrons. The first-order chi connectivity index (χ1) is 7.18. The molecule has 0 unspecified atom stereocenters. The summed E-state index contributed by atoms with van der Waals surface area (Å²) in [5, 5.41) is 2.60. The van der Waals surface area contributed by atoms with Crippen molar-refractivity contribution in [2.24, 2.45) is 4.99 Å². The molecule has 1 rings (SSSR count). The van der Waals surface area contributed by atoms with E-state index in [-0.39, 0.29) is 12.1 Å². The maximum absolute atomic E-state index is 11.3. The fraction of sp³-hybridized carbons (Fsp3) is 0.818. The maximum Gasteiger partial charge on any atom is 0.408 e. The summed E-state index contributed by atoms with van der Waals surface area (Å²) >= 11 is 0. The van der Waals surface area contributed by atoms with Crippen LogP contribution in [0.4, 0.5) is 4.79 Å². The van der Waals surface area contributed by atoms with Crippen molar-refractivity contribution < 1.29 is 14.3 Å². The van der Waals surface area contributed by atoms with Gasteiger partial charge in [0, 0.05) is 0 Å². The fourth-order valence-electron chi connectivity index (χ4n) is 1.21. The van der Waals surface area contributed by atoms with Crippen LogP contribution >= 0.6 is 0 Å². The fourth-order valence-corrected chi connectivity index (χ4v) is 1.21. The molecule has 0 saturated heterocycles. The number of amides is 1. The molecule has 0 spiro atoms. The van der Waals surface area contributed by atoms with E-state index < -0.39 is 11.7 Å². The Morgan fingerprint density at radius 3 is 2.62 bits per heavy atom. The van der Waals surface area contributed by atoms with Crippen LogP contribution in [0.3, 0.4) is 0 Å². The van der Waals surface area contributed by atoms with Gasteiger partial charge in [-0.1, -0.05) is 0 Å². The average molecular weight is 228 g/mol. The number of alkyl carbamates (subject to hydrolysis) is 1. The zero-order chi connectivity index (χ0) is 12.4. The van der Waals surface area contributed by atoms with Gasteiger partial charge in [-0.3, -0.25) is 0 Å². The summed E-state index contributed by atoms with van der Waals surface area (Å²) < 4.78 is 10.4. The van der Waals surface area contributed by atoms with Crippen LogP contribution < -0.4 is 5.32 Å². The zero-order valence-electron chi connectivity index (χ0n) is 10.6. The predicted molar refractivity (Wildman–Crippen MR) is 61.7 cm³/mol. The Morgan fingerprint density at radius 1 is 1.56 bits per heavy atom. The van der Waals surface area contributed by atoms with Gasteiger partial charge in [0.1, 0.15) is 12.2 Å². The molecule has 1 heterocycles. The molecule has 16 heavy (non-hydrogen) atoms. The van der Waals surface area contributed by atoms with Crippen molar-refractivity contribution in [2.75, 3.05) is 13.2 Å². The van der Waals surface area contributed by atoms with Gasteiger partial charge < -0.3 is 14.8 Å². The Balaban J connectivity index is 2.34. The monoisotopic (exact) mass is 228 g/mol. The SMILES string of the molecule is CC1(C)COC(CNC(=O)OC(C)(C)C)=N1. The normalized spacial score (nSPS) is 18.7. The number of ether oxygens (including phenoxy) is 2. The van der Waals surface area contributed by atoms with Gasteiger partial charge in [-0.15, -0.1) is 0 Å².